The molecule has 0 aliphatic heterocycles. The van der Waals surface area contributed by atoms with Gasteiger partial charge in [-0.2, -0.15) is 12.6 Å². The van der Waals surface area contributed by atoms with Crippen LogP contribution < -0.4 is 10.6 Å². The molecule has 0 aliphatic carbocycles. The quantitative estimate of drug-likeness (QED) is 0.762. The van der Waals surface area contributed by atoms with Crippen LogP contribution in [0.3, 0.4) is 0 Å². The summed E-state index contributed by atoms with van der Waals surface area (Å²) >= 11 is 4.06. The summed E-state index contributed by atoms with van der Waals surface area (Å²) in [5.74, 6) is 0. The van der Waals surface area contributed by atoms with Crippen LogP contribution in [0.15, 0.2) is 17.5 Å². The van der Waals surface area contributed by atoms with E-state index >= 15 is 0 Å². The van der Waals surface area contributed by atoms with E-state index in [1.165, 1.54) is 4.90 Å². The van der Waals surface area contributed by atoms with Gasteiger partial charge in [0.25, 0.3) is 0 Å². The first-order chi connectivity index (χ1) is 7.47. The fourth-order valence-electron chi connectivity index (χ4n) is 1.61. The third-order valence-electron chi connectivity index (χ3n) is 2.54. The van der Waals surface area contributed by atoms with Gasteiger partial charge in [-0.1, -0.05) is 0 Å². The molecule has 0 bridgehead atoms. The third-order valence-corrected chi connectivity index (χ3v) is 2.69. The molecule has 0 atom stereocenters. The molecule has 0 aromatic heterocycles. The minimum atomic E-state index is -0.462. The average molecular weight is 236 g/mol. The van der Waals surface area contributed by atoms with Crippen LogP contribution in [0, 0.1) is 13.8 Å². The molecule has 3 nitrogen and oxygen atoms in total. The lowest BCUT2D eigenvalue weighted by Gasteiger charge is -2.17. The molecule has 0 saturated heterocycles. The Labute approximate surface area is 101 Å². The molecular formula is C12H16N2OS. The number of primary amides is 1. The van der Waals surface area contributed by atoms with Crippen molar-refractivity contribution in [2.45, 2.75) is 13.8 Å². The van der Waals surface area contributed by atoms with Crippen LogP contribution in [-0.4, -0.2) is 13.1 Å². The molecule has 0 radical (unpaired) electrons. The largest absolute Gasteiger partial charge is 0.351 e. The molecule has 0 saturated carbocycles. The topological polar surface area (TPSA) is 46.3 Å². The zero-order chi connectivity index (χ0) is 12.3. The van der Waals surface area contributed by atoms with Gasteiger partial charge in [-0.15, -0.1) is 0 Å². The number of hydrogen-bond donors (Lipinski definition) is 2. The number of aryl methyl sites for hydroxylation is 2. The van der Waals surface area contributed by atoms with Crippen LogP contribution in [0.4, 0.5) is 10.5 Å². The molecule has 0 unspecified atom stereocenters. The zero-order valence-corrected chi connectivity index (χ0v) is 10.6. The minimum Gasteiger partial charge on any atom is -0.351 e. The predicted octanol–water partition coefficient (Wildman–Crippen LogP) is 2.72. The molecule has 86 valence electrons. The highest BCUT2D eigenvalue weighted by molar-refractivity contribution is 7.83. The van der Waals surface area contributed by atoms with Crippen molar-refractivity contribution < 1.29 is 4.79 Å². The molecule has 2 amide bonds. The van der Waals surface area contributed by atoms with Crippen molar-refractivity contribution in [1.29, 1.82) is 0 Å². The maximum Gasteiger partial charge on any atom is 0.318 e. The molecule has 1 rings (SSSR count). The first-order valence-corrected chi connectivity index (χ1v) is 5.44. The Morgan fingerprint density at radius 3 is 2.25 bits per heavy atom. The lowest BCUT2D eigenvalue weighted by molar-refractivity contribution is 0.255. The lowest BCUT2D eigenvalue weighted by Crippen LogP contribution is -2.31. The monoisotopic (exact) mass is 236 g/mol. The van der Waals surface area contributed by atoms with Crippen LogP contribution in [0.5, 0.6) is 0 Å². The molecular weight excluding hydrogens is 220 g/mol. The highest BCUT2D eigenvalue weighted by Gasteiger charge is 2.09. The van der Waals surface area contributed by atoms with E-state index in [2.05, 4.69) is 12.6 Å². The summed E-state index contributed by atoms with van der Waals surface area (Å²) in [5.41, 5.74) is 9.33. The van der Waals surface area contributed by atoms with Gasteiger partial charge < -0.3 is 5.73 Å². The third kappa shape index (κ3) is 2.58. The Kier molecular flexibility index (Phi) is 4.01. The van der Waals surface area contributed by atoms with E-state index in [-0.39, 0.29) is 0 Å². The minimum absolute atomic E-state index is 0.462. The van der Waals surface area contributed by atoms with E-state index in [1.807, 2.05) is 32.1 Å². The first-order valence-electron chi connectivity index (χ1n) is 4.92. The molecule has 0 heterocycles. The second-order valence-electron chi connectivity index (χ2n) is 3.71. The lowest BCUT2D eigenvalue weighted by atomic mass is 10.0. The fourth-order valence-corrected chi connectivity index (χ4v) is 1.76. The molecule has 1 aromatic rings. The number of benzene rings is 1. The number of urea groups is 1. The Bertz CT molecular complexity index is 418. The number of carbonyl (C=O) groups is 1. The van der Waals surface area contributed by atoms with Gasteiger partial charge in [0.2, 0.25) is 0 Å². The second kappa shape index (κ2) is 5.07. The van der Waals surface area contributed by atoms with Crippen molar-refractivity contribution in [1.82, 2.24) is 0 Å². The van der Waals surface area contributed by atoms with Gasteiger partial charge >= 0.3 is 6.03 Å². The zero-order valence-electron chi connectivity index (χ0n) is 9.69. The van der Waals surface area contributed by atoms with Gasteiger partial charge in [-0.05, 0) is 54.2 Å². The molecule has 0 aliphatic rings. The predicted molar refractivity (Wildman–Crippen MR) is 71.9 cm³/mol. The van der Waals surface area contributed by atoms with Gasteiger partial charge in [-0.3, -0.25) is 4.90 Å². The number of nitrogens with two attached hydrogens (primary N) is 1. The van der Waals surface area contributed by atoms with Crippen LogP contribution in [0.25, 0.3) is 6.08 Å². The number of anilines is 1. The van der Waals surface area contributed by atoms with E-state index in [4.69, 9.17) is 5.73 Å². The van der Waals surface area contributed by atoms with Crippen LogP contribution in [-0.2, 0) is 0 Å². The second-order valence-corrected chi connectivity index (χ2v) is 4.00. The number of thiol groups is 1. The maximum atomic E-state index is 11.1. The highest BCUT2D eigenvalue weighted by atomic mass is 32.1. The van der Waals surface area contributed by atoms with Gasteiger partial charge in [0.15, 0.2) is 0 Å². The number of carbonyl (C=O) groups excluding carboxylic acids is 1. The molecule has 1 aromatic carbocycles. The summed E-state index contributed by atoms with van der Waals surface area (Å²) in [5, 5.41) is 1.70. The summed E-state index contributed by atoms with van der Waals surface area (Å²) in [6.45, 7) is 3.99. The van der Waals surface area contributed by atoms with Crippen molar-refractivity contribution in [3.8, 4) is 0 Å². The Morgan fingerprint density at radius 1 is 1.38 bits per heavy atom. The van der Waals surface area contributed by atoms with E-state index in [0.29, 0.717) is 0 Å². The number of nitrogens with zero attached hydrogens (tertiary/aromatic N) is 1. The highest BCUT2D eigenvalue weighted by Crippen LogP contribution is 2.23. The summed E-state index contributed by atoms with van der Waals surface area (Å²) in [6.07, 6.45) is 1.93. The summed E-state index contributed by atoms with van der Waals surface area (Å²) < 4.78 is 0. The van der Waals surface area contributed by atoms with Crippen molar-refractivity contribution in [2.75, 3.05) is 11.9 Å². The van der Waals surface area contributed by atoms with Crippen LogP contribution >= 0.6 is 12.6 Å². The Morgan fingerprint density at radius 2 is 1.88 bits per heavy atom. The van der Waals surface area contributed by atoms with Crippen molar-refractivity contribution >= 4 is 30.4 Å². The normalized spacial score (nSPS) is 10.8. The van der Waals surface area contributed by atoms with Crippen molar-refractivity contribution in [2.24, 2.45) is 5.73 Å². The number of amides is 2. The summed E-state index contributed by atoms with van der Waals surface area (Å²) in [7, 11) is 1.66. The van der Waals surface area contributed by atoms with E-state index < -0.39 is 6.03 Å². The standard InChI is InChI=1S/C12H16N2OS/c1-8-6-10(14(3)12(13)15)7-9(2)11(8)4-5-16/h4-7,16H,1-3H3,(H2,13,15)/b5-4+. The Balaban J connectivity index is 3.24. The number of hydrogen-bond acceptors (Lipinski definition) is 2. The molecule has 2 N–H and O–H groups in total. The summed E-state index contributed by atoms with van der Waals surface area (Å²) in [6, 6.07) is 3.40. The van der Waals surface area contributed by atoms with Crippen LogP contribution in [0.1, 0.15) is 16.7 Å². The number of rotatable bonds is 2. The fraction of sp³-hybridized carbons (Fsp3) is 0.250. The van der Waals surface area contributed by atoms with Gasteiger partial charge in [0, 0.05) is 12.7 Å². The van der Waals surface area contributed by atoms with Crippen LogP contribution in [0.2, 0.25) is 0 Å². The molecule has 0 fully saturated rings. The van der Waals surface area contributed by atoms with Crippen molar-refractivity contribution in [3.63, 3.8) is 0 Å². The van der Waals surface area contributed by atoms with Gasteiger partial charge in [-0.25, -0.2) is 4.79 Å². The average Bonchev–Trinajstić information content (AvgIpc) is 2.21. The van der Waals surface area contributed by atoms with E-state index in [0.717, 1.165) is 22.4 Å². The van der Waals surface area contributed by atoms with Gasteiger partial charge in [0.1, 0.15) is 0 Å². The SMILES string of the molecule is Cc1cc(N(C)C(N)=O)cc(C)c1/C=C/S. The van der Waals surface area contributed by atoms with Crippen molar-refractivity contribution in [3.05, 3.63) is 34.2 Å². The van der Waals surface area contributed by atoms with Gasteiger partial charge in [0.05, 0.1) is 0 Å². The Hall–Kier alpha value is -1.42. The van der Waals surface area contributed by atoms with E-state index in [1.54, 1.807) is 12.5 Å². The molecule has 0 spiro atoms. The smallest absolute Gasteiger partial charge is 0.318 e. The van der Waals surface area contributed by atoms with E-state index in [9.17, 15) is 4.79 Å². The molecule has 16 heavy (non-hydrogen) atoms. The molecule has 4 heteroatoms. The summed E-state index contributed by atoms with van der Waals surface area (Å²) in [4.78, 5) is 12.5. The first kappa shape index (κ1) is 12.6. The maximum absolute atomic E-state index is 11.1.